The van der Waals surface area contributed by atoms with Crippen LogP contribution in [0, 0.1) is 0 Å². The van der Waals surface area contributed by atoms with Crippen molar-refractivity contribution in [3.63, 3.8) is 0 Å². The molecule has 0 fully saturated rings. The Bertz CT molecular complexity index is 797. The molecule has 0 aliphatic rings. The van der Waals surface area contributed by atoms with E-state index in [4.69, 9.17) is 10.6 Å². The molecule has 0 radical (unpaired) electrons. The normalized spacial score (nSPS) is 11.7. The number of nitrogens with zero attached hydrogens (tertiary/aromatic N) is 3. The minimum absolute atomic E-state index is 0.354. The van der Waals surface area contributed by atoms with Crippen LogP contribution in [0.2, 0.25) is 0 Å². The lowest BCUT2D eigenvalue weighted by Crippen LogP contribution is -1.93. The van der Waals surface area contributed by atoms with Gasteiger partial charge < -0.3 is 10.6 Å². The van der Waals surface area contributed by atoms with E-state index in [0.717, 1.165) is 39.0 Å². The van der Waals surface area contributed by atoms with Gasteiger partial charge in [0.15, 0.2) is 12.4 Å². The van der Waals surface area contributed by atoms with Crippen molar-refractivity contribution in [2.75, 3.05) is 5.73 Å². The molecule has 108 valence electrons. The van der Waals surface area contributed by atoms with Crippen LogP contribution in [0.4, 0.5) is 5.82 Å². The summed E-state index contributed by atoms with van der Waals surface area (Å²) < 4.78 is 1.05. The number of fused-ring (bicyclic) bond motifs is 3. The molecular formula is C15H16N4OS. The van der Waals surface area contributed by atoms with Crippen molar-refractivity contribution in [1.82, 2.24) is 9.97 Å². The van der Waals surface area contributed by atoms with Crippen molar-refractivity contribution in [3.8, 4) is 0 Å². The maximum atomic E-state index is 5.99. The molecule has 0 aliphatic heterocycles. The number of nitrogens with two attached hydrogens (primary N) is 1. The highest BCUT2D eigenvalue weighted by Gasteiger charge is 2.12. The molecule has 0 unspecified atom stereocenters. The van der Waals surface area contributed by atoms with Crippen LogP contribution < -0.4 is 5.73 Å². The summed E-state index contributed by atoms with van der Waals surface area (Å²) in [7, 11) is 0. The monoisotopic (exact) mass is 300 g/mol. The second kappa shape index (κ2) is 6.05. The second-order valence-electron chi connectivity index (χ2n) is 4.65. The zero-order chi connectivity index (χ0) is 14.7. The largest absolute Gasteiger partial charge is 0.389 e. The number of nitrogen functional groups attached to an aromatic ring is 1. The van der Waals surface area contributed by atoms with E-state index in [-0.39, 0.29) is 0 Å². The van der Waals surface area contributed by atoms with Crippen LogP contribution in [0.1, 0.15) is 24.8 Å². The van der Waals surface area contributed by atoms with Gasteiger partial charge in [-0.15, -0.1) is 11.3 Å². The molecule has 2 N–H and O–H groups in total. The van der Waals surface area contributed by atoms with Gasteiger partial charge in [-0.25, -0.2) is 9.97 Å². The topological polar surface area (TPSA) is 73.4 Å². The molecule has 2 heterocycles. The quantitative estimate of drug-likeness (QED) is 0.575. The maximum Gasteiger partial charge on any atom is 0.168 e. The number of thiazole rings is 1. The van der Waals surface area contributed by atoms with Gasteiger partial charge >= 0.3 is 0 Å². The number of rotatable bonds is 5. The Labute approximate surface area is 126 Å². The highest BCUT2D eigenvalue weighted by molar-refractivity contribution is 7.19. The molecule has 0 bridgehead atoms. The average Bonchev–Trinajstić information content (AvgIpc) is 2.92. The molecule has 0 spiro atoms. The number of unbranched alkanes of at least 4 members (excludes halogenated alkanes) is 1. The van der Waals surface area contributed by atoms with Gasteiger partial charge in [0.1, 0.15) is 10.5 Å². The fraction of sp³-hybridized carbons (Fsp3) is 0.267. The van der Waals surface area contributed by atoms with Gasteiger partial charge in [0.05, 0.1) is 10.2 Å². The Hall–Kier alpha value is -2.21. The van der Waals surface area contributed by atoms with Gasteiger partial charge in [-0.2, -0.15) is 0 Å². The van der Waals surface area contributed by atoms with Gasteiger partial charge in [0.25, 0.3) is 0 Å². The molecule has 0 saturated heterocycles. The number of hydrogen-bond acceptors (Lipinski definition) is 6. The summed E-state index contributed by atoms with van der Waals surface area (Å²) in [5.41, 5.74) is 7.63. The number of benzene rings is 1. The van der Waals surface area contributed by atoms with Gasteiger partial charge in [0, 0.05) is 11.6 Å². The average molecular weight is 300 g/mol. The summed E-state index contributed by atoms with van der Waals surface area (Å²) in [4.78, 5) is 14.2. The van der Waals surface area contributed by atoms with E-state index < -0.39 is 0 Å². The molecule has 21 heavy (non-hydrogen) atoms. The van der Waals surface area contributed by atoms with Gasteiger partial charge in [-0.05, 0) is 12.5 Å². The fourth-order valence-electron chi connectivity index (χ4n) is 2.06. The zero-order valence-corrected chi connectivity index (χ0v) is 12.6. The van der Waals surface area contributed by atoms with Gasteiger partial charge in [-0.3, -0.25) is 0 Å². The highest BCUT2D eigenvalue weighted by atomic mass is 32.1. The summed E-state index contributed by atoms with van der Waals surface area (Å²) in [6, 6.07) is 7.93. The first-order valence-corrected chi connectivity index (χ1v) is 7.68. The van der Waals surface area contributed by atoms with Crippen molar-refractivity contribution < 1.29 is 4.84 Å². The predicted molar refractivity (Wildman–Crippen MR) is 87.5 cm³/mol. The summed E-state index contributed by atoms with van der Waals surface area (Å²) >= 11 is 1.57. The lowest BCUT2D eigenvalue weighted by atomic mass is 10.2. The molecule has 6 heteroatoms. The Morgan fingerprint density at radius 3 is 3.05 bits per heavy atom. The minimum Gasteiger partial charge on any atom is -0.389 e. The minimum atomic E-state index is 0.354. The lowest BCUT2D eigenvalue weighted by Gasteiger charge is -1.99. The highest BCUT2D eigenvalue weighted by Crippen LogP contribution is 2.32. The summed E-state index contributed by atoms with van der Waals surface area (Å²) in [6.45, 7) is 2.45. The third kappa shape index (κ3) is 2.80. The Balaban J connectivity index is 1.92. The van der Waals surface area contributed by atoms with E-state index in [0.29, 0.717) is 12.4 Å². The van der Waals surface area contributed by atoms with E-state index in [2.05, 4.69) is 22.0 Å². The Morgan fingerprint density at radius 1 is 1.33 bits per heavy atom. The number of aromatic nitrogens is 2. The molecule has 1 aromatic carbocycles. The SMILES string of the molecule is CCC/C=N/OCc1nc2c(N)nc3ccccc3c2s1. The summed E-state index contributed by atoms with van der Waals surface area (Å²) in [6.07, 6.45) is 3.75. The molecule has 2 aromatic heterocycles. The van der Waals surface area contributed by atoms with Crippen molar-refractivity contribution in [3.05, 3.63) is 29.3 Å². The van der Waals surface area contributed by atoms with E-state index in [1.807, 2.05) is 24.3 Å². The number of oxime groups is 1. The van der Waals surface area contributed by atoms with E-state index in [9.17, 15) is 0 Å². The van der Waals surface area contributed by atoms with Crippen LogP contribution in [-0.4, -0.2) is 16.2 Å². The predicted octanol–water partition coefficient (Wildman–Crippen LogP) is 3.73. The van der Waals surface area contributed by atoms with Crippen LogP contribution in [0.15, 0.2) is 29.4 Å². The van der Waals surface area contributed by atoms with Crippen LogP contribution in [0.3, 0.4) is 0 Å². The first-order chi connectivity index (χ1) is 10.3. The van der Waals surface area contributed by atoms with Crippen molar-refractivity contribution in [1.29, 1.82) is 0 Å². The number of para-hydroxylation sites is 1. The number of pyridine rings is 1. The maximum absolute atomic E-state index is 5.99. The first-order valence-electron chi connectivity index (χ1n) is 6.87. The Kier molecular flexibility index (Phi) is 3.96. The van der Waals surface area contributed by atoms with E-state index >= 15 is 0 Å². The van der Waals surface area contributed by atoms with Crippen LogP contribution >= 0.6 is 11.3 Å². The third-order valence-electron chi connectivity index (χ3n) is 3.06. The molecule has 0 amide bonds. The number of hydrogen-bond donors (Lipinski definition) is 1. The van der Waals surface area contributed by atoms with Gasteiger partial charge in [-0.1, -0.05) is 36.7 Å². The molecule has 0 atom stereocenters. The van der Waals surface area contributed by atoms with Crippen molar-refractivity contribution in [2.24, 2.45) is 5.16 Å². The first kappa shape index (κ1) is 13.8. The molecule has 0 aliphatic carbocycles. The molecule has 5 nitrogen and oxygen atoms in total. The fourth-order valence-corrected chi connectivity index (χ4v) is 3.07. The third-order valence-corrected chi connectivity index (χ3v) is 4.12. The standard InChI is InChI=1S/C15H16N4OS/c1-2-3-8-17-20-9-12-19-13-14(21-12)10-6-4-5-7-11(10)18-15(13)16/h4-8H,2-3,9H2,1H3,(H2,16,18)/b17-8+. The van der Waals surface area contributed by atoms with Crippen LogP contribution in [-0.2, 0) is 11.4 Å². The van der Waals surface area contributed by atoms with Gasteiger partial charge in [0.2, 0.25) is 0 Å². The Morgan fingerprint density at radius 2 is 2.19 bits per heavy atom. The van der Waals surface area contributed by atoms with Crippen LogP contribution in [0.5, 0.6) is 0 Å². The van der Waals surface area contributed by atoms with Crippen molar-refractivity contribution >= 4 is 44.5 Å². The van der Waals surface area contributed by atoms with E-state index in [1.54, 1.807) is 17.6 Å². The molecule has 3 aromatic rings. The van der Waals surface area contributed by atoms with Crippen LogP contribution in [0.25, 0.3) is 21.1 Å². The smallest absolute Gasteiger partial charge is 0.168 e. The number of anilines is 1. The molecule has 3 rings (SSSR count). The van der Waals surface area contributed by atoms with Crippen molar-refractivity contribution in [2.45, 2.75) is 26.4 Å². The lowest BCUT2D eigenvalue weighted by molar-refractivity contribution is 0.131. The second-order valence-corrected chi connectivity index (χ2v) is 5.73. The summed E-state index contributed by atoms with van der Waals surface area (Å²) in [5, 5.41) is 5.83. The summed E-state index contributed by atoms with van der Waals surface area (Å²) in [5.74, 6) is 0.459. The molecular weight excluding hydrogens is 284 g/mol. The zero-order valence-electron chi connectivity index (χ0n) is 11.7. The van der Waals surface area contributed by atoms with E-state index in [1.165, 1.54) is 0 Å². The molecule has 0 saturated carbocycles.